The summed E-state index contributed by atoms with van der Waals surface area (Å²) >= 11 is 0. The summed E-state index contributed by atoms with van der Waals surface area (Å²) in [7, 11) is -1.02. The highest BCUT2D eigenvalue weighted by atomic mass is 28.3. The van der Waals surface area contributed by atoms with E-state index in [-0.39, 0.29) is 6.04 Å². The maximum absolute atomic E-state index is 8.87. The fraction of sp³-hybridized carbons (Fsp3) is 0.467. The smallest absolute Gasteiger partial charge is 0.0991 e. The number of ether oxygens (including phenoxy) is 1. The Kier molecular flexibility index (Phi) is 4.18. The van der Waals surface area contributed by atoms with Crippen molar-refractivity contribution in [2.75, 3.05) is 13.2 Å². The predicted octanol–water partition coefficient (Wildman–Crippen LogP) is 3.39. The summed E-state index contributed by atoms with van der Waals surface area (Å²) in [5.41, 5.74) is 2.91. The number of rotatable bonds is 5. The van der Waals surface area contributed by atoms with Crippen LogP contribution in [-0.4, -0.2) is 27.5 Å². The molecule has 1 aromatic carbocycles. The quantitative estimate of drug-likeness (QED) is 0.609. The standard InChI is InChI=1S/C15H20N2OSi/c1-19(2,3)7-6-18-11-15-14-5-4-12(9-16)8-13(14)10-17-15/h4-5,8,10,15H,6-7,11H2,1-3H3. The summed E-state index contributed by atoms with van der Waals surface area (Å²) in [5.74, 6) is 0. The minimum absolute atomic E-state index is 0.101. The van der Waals surface area contributed by atoms with E-state index >= 15 is 0 Å². The maximum Gasteiger partial charge on any atom is 0.0991 e. The van der Waals surface area contributed by atoms with Crippen LogP contribution in [0.25, 0.3) is 0 Å². The van der Waals surface area contributed by atoms with E-state index < -0.39 is 8.07 Å². The van der Waals surface area contributed by atoms with Gasteiger partial charge in [0.05, 0.1) is 24.3 Å². The molecule has 0 spiro atoms. The molecule has 0 aliphatic carbocycles. The van der Waals surface area contributed by atoms with Crippen molar-refractivity contribution in [3.8, 4) is 6.07 Å². The van der Waals surface area contributed by atoms with Gasteiger partial charge in [0.15, 0.2) is 0 Å². The Balaban J connectivity index is 1.89. The van der Waals surface area contributed by atoms with E-state index in [1.165, 1.54) is 11.6 Å². The van der Waals surface area contributed by atoms with Gasteiger partial charge in [-0.15, -0.1) is 0 Å². The molecule has 1 aromatic rings. The zero-order valence-corrected chi connectivity index (χ0v) is 12.8. The van der Waals surface area contributed by atoms with Crippen LogP contribution in [0.3, 0.4) is 0 Å². The van der Waals surface area contributed by atoms with Gasteiger partial charge >= 0.3 is 0 Å². The molecule has 0 N–H and O–H groups in total. The van der Waals surface area contributed by atoms with Gasteiger partial charge in [-0.1, -0.05) is 25.7 Å². The van der Waals surface area contributed by atoms with Crippen molar-refractivity contribution >= 4 is 14.3 Å². The third-order valence-electron chi connectivity index (χ3n) is 3.24. The summed E-state index contributed by atoms with van der Waals surface area (Å²) in [6.07, 6.45) is 1.85. The Morgan fingerprint density at radius 3 is 2.84 bits per heavy atom. The molecule has 4 heteroatoms. The summed E-state index contributed by atoms with van der Waals surface area (Å²) in [5, 5.41) is 8.87. The second kappa shape index (κ2) is 5.68. The van der Waals surface area contributed by atoms with Gasteiger partial charge < -0.3 is 4.74 Å². The highest BCUT2D eigenvalue weighted by molar-refractivity contribution is 6.76. The van der Waals surface area contributed by atoms with E-state index in [2.05, 4.69) is 30.7 Å². The van der Waals surface area contributed by atoms with Crippen LogP contribution in [0.15, 0.2) is 23.2 Å². The third-order valence-corrected chi connectivity index (χ3v) is 4.94. The van der Waals surface area contributed by atoms with E-state index in [4.69, 9.17) is 10.00 Å². The average Bonchev–Trinajstić information content (AvgIpc) is 2.75. The molecule has 0 bridgehead atoms. The van der Waals surface area contributed by atoms with Crippen LogP contribution in [-0.2, 0) is 4.74 Å². The number of nitrogens with zero attached hydrogens (tertiary/aromatic N) is 2. The molecule has 0 aromatic heterocycles. The highest BCUT2D eigenvalue weighted by Gasteiger charge is 2.19. The molecule has 1 aliphatic heterocycles. The Labute approximate surface area is 115 Å². The molecule has 0 saturated heterocycles. The maximum atomic E-state index is 8.87. The predicted molar refractivity (Wildman–Crippen MR) is 80.5 cm³/mol. The minimum Gasteiger partial charge on any atom is -0.379 e. The summed E-state index contributed by atoms with van der Waals surface area (Å²) in [6.45, 7) is 8.52. The molecule has 0 fully saturated rings. The molecule has 2 rings (SSSR count). The van der Waals surface area contributed by atoms with E-state index in [1.54, 1.807) is 0 Å². The first-order valence-corrected chi connectivity index (χ1v) is 10.4. The van der Waals surface area contributed by atoms with Crippen LogP contribution in [0.5, 0.6) is 0 Å². The molecule has 0 amide bonds. The Morgan fingerprint density at radius 2 is 2.16 bits per heavy atom. The van der Waals surface area contributed by atoms with Crippen molar-refractivity contribution in [1.82, 2.24) is 0 Å². The average molecular weight is 272 g/mol. The topological polar surface area (TPSA) is 45.4 Å². The fourth-order valence-corrected chi connectivity index (χ4v) is 2.77. The van der Waals surface area contributed by atoms with Gasteiger partial charge in [-0.2, -0.15) is 5.26 Å². The number of fused-ring (bicyclic) bond motifs is 1. The molecule has 100 valence electrons. The highest BCUT2D eigenvalue weighted by Crippen LogP contribution is 2.27. The molecule has 19 heavy (non-hydrogen) atoms. The van der Waals surface area contributed by atoms with E-state index in [0.29, 0.717) is 12.2 Å². The number of benzene rings is 1. The molecule has 1 atom stereocenters. The van der Waals surface area contributed by atoms with Gasteiger partial charge in [-0.05, 0) is 29.3 Å². The fourth-order valence-electron chi connectivity index (χ4n) is 2.02. The zero-order chi connectivity index (χ0) is 13.9. The van der Waals surface area contributed by atoms with Crippen LogP contribution in [0.2, 0.25) is 25.7 Å². The van der Waals surface area contributed by atoms with E-state index in [1.807, 2.05) is 24.4 Å². The largest absolute Gasteiger partial charge is 0.379 e. The summed E-state index contributed by atoms with van der Waals surface area (Å²) in [4.78, 5) is 4.46. The molecule has 1 aliphatic rings. The Morgan fingerprint density at radius 1 is 1.37 bits per heavy atom. The molecule has 0 radical (unpaired) electrons. The lowest BCUT2D eigenvalue weighted by molar-refractivity contribution is 0.134. The van der Waals surface area contributed by atoms with Gasteiger partial charge in [0.25, 0.3) is 0 Å². The lowest BCUT2D eigenvalue weighted by Crippen LogP contribution is -2.22. The van der Waals surface area contributed by atoms with Crippen molar-refractivity contribution in [3.63, 3.8) is 0 Å². The Bertz CT molecular complexity index is 526. The summed E-state index contributed by atoms with van der Waals surface area (Å²) in [6, 6.07) is 9.17. The third kappa shape index (κ3) is 3.76. The van der Waals surface area contributed by atoms with Crippen molar-refractivity contribution < 1.29 is 4.74 Å². The van der Waals surface area contributed by atoms with Crippen LogP contribution < -0.4 is 0 Å². The van der Waals surface area contributed by atoms with Crippen molar-refractivity contribution in [2.45, 2.75) is 31.7 Å². The van der Waals surface area contributed by atoms with Gasteiger partial charge in [-0.3, -0.25) is 4.99 Å². The molecular weight excluding hydrogens is 252 g/mol. The first kappa shape index (κ1) is 14.0. The molecule has 3 nitrogen and oxygen atoms in total. The zero-order valence-electron chi connectivity index (χ0n) is 11.8. The first-order chi connectivity index (χ1) is 8.99. The number of hydrogen-bond acceptors (Lipinski definition) is 3. The van der Waals surface area contributed by atoms with Crippen LogP contribution in [0, 0.1) is 11.3 Å². The normalized spacial score (nSPS) is 17.3. The Hall–Kier alpha value is -1.44. The lowest BCUT2D eigenvalue weighted by atomic mass is 10.0. The van der Waals surface area contributed by atoms with Crippen molar-refractivity contribution in [2.24, 2.45) is 4.99 Å². The van der Waals surface area contributed by atoms with Crippen LogP contribution >= 0.6 is 0 Å². The minimum atomic E-state index is -1.02. The molecule has 1 unspecified atom stereocenters. The van der Waals surface area contributed by atoms with Crippen LogP contribution in [0.1, 0.15) is 22.7 Å². The van der Waals surface area contributed by atoms with E-state index in [0.717, 1.165) is 12.2 Å². The number of nitriles is 1. The van der Waals surface area contributed by atoms with Gasteiger partial charge in [0.1, 0.15) is 0 Å². The molecule has 1 heterocycles. The second-order valence-corrected chi connectivity index (χ2v) is 11.8. The first-order valence-electron chi connectivity index (χ1n) is 6.64. The van der Waals surface area contributed by atoms with E-state index in [9.17, 15) is 0 Å². The van der Waals surface area contributed by atoms with Crippen molar-refractivity contribution in [1.29, 1.82) is 5.26 Å². The summed E-state index contributed by atoms with van der Waals surface area (Å²) < 4.78 is 5.76. The van der Waals surface area contributed by atoms with Crippen molar-refractivity contribution in [3.05, 3.63) is 34.9 Å². The SMILES string of the molecule is C[Si](C)(C)CCOCC1N=Cc2cc(C#N)ccc21. The second-order valence-electron chi connectivity index (χ2n) is 6.14. The number of hydrogen-bond donors (Lipinski definition) is 0. The lowest BCUT2D eigenvalue weighted by Gasteiger charge is -2.16. The van der Waals surface area contributed by atoms with Crippen LogP contribution in [0.4, 0.5) is 0 Å². The monoisotopic (exact) mass is 272 g/mol. The molecule has 0 saturated carbocycles. The van der Waals surface area contributed by atoms with Gasteiger partial charge in [0.2, 0.25) is 0 Å². The molecular formula is C15H20N2OSi. The van der Waals surface area contributed by atoms with Gasteiger partial charge in [0, 0.05) is 20.9 Å². The van der Waals surface area contributed by atoms with Gasteiger partial charge in [-0.25, -0.2) is 0 Å². The number of aliphatic imine (C=N–C) groups is 1.